The molecule has 1 unspecified atom stereocenters. The van der Waals surface area contributed by atoms with Crippen molar-refractivity contribution in [2.75, 3.05) is 20.1 Å². The van der Waals surface area contributed by atoms with Gasteiger partial charge < -0.3 is 10.2 Å². The van der Waals surface area contributed by atoms with Crippen molar-refractivity contribution in [2.45, 2.75) is 31.7 Å². The van der Waals surface area contributed by atoms with Crippen LogP contribution in [0, 0.1) is 5.82 Å². The van der Waals surface area contributed by atoms with Gasteiger partial charge in [-0.3, -0.25) is 4.79 Å². The van der Waals surface area contributed by atoms with E-state index in [1.807, 2.05) is 11.9 Å². The molecule has 2 rings (SSSR count). The van der Waals surface area contributed by atoms with E-state index < -0.39 is 0 Å². The van der Waals surface area contributed by atoms with E-state index in [0.717, 1.165) is 32.4 Å². The highest BCUT2D eigenvalue weighted by molar-refractivity contribution is 9.10. The summed E-state index contributed by atoms with van der Waals surface area (Å²) in [5, 5.41) is 3.14. The van der Waals surface area contributed by atoms with Crippen LogP contribution in [-0.4, -0.2) is 37.0 Å². The Labute approximate surface area is 127 Å². The van der Waals surface area contributed by atoms with E-state index in [0.29, 0.717) is 10.0 Å². The maximum atomic E-state index is 13.1. The SMILES string of the molecule is CNCCC1CCCCN1C(=O)c1ccc(F)cc1Br. The van der Waals surface area contributed by atoms with E-state index >= 15 is 0 Å². The number of rotatable bonds is 4. The number of carbonyl (C=O) groups is 1. The van der Waals surface area contributed by atoms with Gasteiger partial charge in [0.15, 0.2) is 0 Å². The second-order valence-electron chi connectivity index (χ2n) is 5.16. The zero-order chi connectivity index (χ0) is 14.5. The smallest absolute Gasteiger partial charge is 0.255 e. The van der Waals surface area contributed by atoms with E-state index in [1.54, 1.807) is 6.07 Å². The Hall–Kier alpha value is -0.940. The summed E-state index contributed by atoms with van der Waals surface area (Å²) in [6.07, 6.45) is 4.22. The lowest BCUT2D eigenvalue weighted by Gasteiger charge is -2.36. The maximum Gasteiger partial charge on any atom is 0.255 e. The summed E-state index contributed by atoms with van der Waals surface area (Å²) < 4.78 is 13.7. The molecule has 1 N–H and O–H groups in total. The number of piperidine rings is 1. The third-order valence-corrected chi connectivity index (χ3v) is 4.43. The number of benzene rings is 1. The molecule has 1 heterocycles. The monoisotopic (exact) mass is 342 g/mol. The number of halogens is 2. The quantitative estimate of drug-likeness (QED) is 0.911. The summed E-state index contributed by atoms with van der Waals surface area (Å²) in [4.78, 5) is 14.6. The van der Waals surface area contributed by atoms with Crippen molar-refractivity contribution in [3.63, 3.8) is 0 Å². The molecular weight excluding hydrogens is 323 g/mol. The van der Waals surface area contributed by atoms with Crippen LogP contribution in [0.2, 0.25) is 0 Å². The fraction of sp³-hybridized carbons (Fsp3) is 0.533. The molecule has 1 aromatic carbocycles. The van der Waals surface area contributed by atoms with Gasteiger partial charge in [-0.2, -0.15) is 0 Å². The number of hydrogen-bond donors (Lipinski definition) is 1. The predicted molar refractivity (Wildman–Crippen MR) is 81.3 cm³/mol. The first kappa shape index (κ1) is 15.4. The molecule has 0 bridgehead atoms. The molecule has 0 aliphatic carbocycles. The summed E-state index contributed by atoms with van der Waals surface area (Å²) in [5.41, 5.74) is 0.544. The third-order valence-electron chi connectivity index (χ3n) is 3.78. The topological polar surface area (TPSA) is 32.3 Å². The molecule has 0 aromatic heterocycles. The number of nitrogens with zero attached hydrogens (tertiary/aromatic N) is 1. The summed E-state index contributed by atoms with van der Waals surface area (Å²) >= 11 is 3.29. The van der Waals surface area contributed by atoms with Gasteiger partial charge in [0.1, 0.15) is 5.82 Å². The maximum absolute atomic E-state index is 13.1. The number of nitrogens with one attached hydrogen (secondary N) is 1. The van der Waals surface area contributed by atoms with E-state index in [4.69, 9.17) is 0 Å². The van der Waals surface area contributed by atoms with Gasteiger partial charge in [0.05, 0.1) is 5.56 Å². The van der Waals surface area contributed by atoms with Crippen molar-refractivity contribution in [2.24, 2.45) is 0 Å². The fourth-order valence-corrected chi connectivity index (χ4v) is 3.22. The Balaban J connectivity index is 2.16. The summed E-state index contributed by atoms with van der Waals surface area (Å²) in [6.45, 7) is 1.69. The molecule has 110 valence electrons. The normalized spacial score (nSPS) is 19.1. The molecule has 5 heteroatoms. The molecule has 1 amide bonds. The Morgan fingerprint density at radius 1 is 1.50 bits per heavy atom. The average Bonchev–Trinajstić information content (AvgIpc) is 2.45. The molecule has 20 heavy (non-hydrogen) atoms. The lowest BCUT2D eigenvalue weighted by Crippen LogP contribution is -2.44. The van der Waals surface area contributed by atoms with Crippen molar-refractivity contribution in [3.05, 3.63) is 34.1 Å². The molecule has 0 spiro atoms. The van der Waals surface area contributed by atoms with Gasteiger partial charge >= 0.3 is 0 Å². The Morgan fingerprint density at radius 2 is 2.30 bits per heavy atom. The summed E-state index contributed by atoms with van der Waals surface area (Å²) in [7, 11) is 1.92. The molecule has 3 nitrogen and oxygen atoms in total. The number of likely N-dealkylation sites (tertiary alicyclic amines) is 1. The van der Waals surface area contributed by atoms with Crippen molar-refractivity contribution in [1.29, 1.82) is 0 Å². The van der Waals surface area contributed by atoms with Crippen molar-refractivity contribution in [3.8, 4) is 0 Å². The Morgan fingerprint density at radius 3 is 3.00 bits per heavy atom. The zero-order valence-electron chi connectivity index (χ0n) is 11.7. The largest absolute Gasteiger partial charge is 0.336 e. The van der Waals surface area contributed by atoms with Gasteiger partial charge in [0.2, 0.25) is 0 Å². The predicted octanol–water partition coefficient (Wildman–Crippen LogP) is 3.19. The Kier molecular flexibility index (Phi) is 5.54. The van der Waals surface area contributed by atoms with Crippen LogP contribution < -0.4 is 5.32 Å². The highest BCUT2D eigenvalue weighted by Crippen LogP contribution is 2.25. The molecule has 0 radical (unpaired) electrons. The molecule has 1 aromatic rings. The minimum absolute atomic E-state index is 0.00215. The van der Waals surface area contributed by atoms with Crippen LogP contribution in [0.1, 0.15) is 36.0 Å². The van der Waals surface area contributed by atoms with Gasteiger partial charge in [0.25, 0.3) is 5.91 Å². The average molecular weight is 343 g/mol. The van der Waals surface area contributed by atoms with Crippen molar-refractivity contribution >= 4 is 21.8 Å². The first-order valence-corrected chi connectivity index (χ1v) is 7.83. The molecular formula is C15H20BrFN2O. The first-order chi connectivity index (χ1) is 9.63. The van der Waals surface area contributed by atoms with Gasteiger partial charge in [0, 0.05) is 17.1 Å². The van der Waals surface area contributed by atoms with Crippen molar-refractivity contribution < 1.29 is 9.18 Å². The zero-order valence-corrected chi connectivity index (χ0v) is 13.2. The molecule has 1 fully saturated rings. The molecule has 1 aliphatic heterocycles. The van der Waals surface area contributed by atoms with E-state index in [9.17, 15) is 9.18 Å². The standard InChI is InChI=1S/C15H20BrFN2O/c1-18-8-7-12-4-2-3-9-19(12)15(20)13-6-5-11(17)10-14(13)16/h5-6,10,12,18H,2-4,7-9H2,1H3. The number of amides is 1. The van der Waals surface area contributed by atoms with Crippen LogP contribution in [0.25, 0.3) is 0 Å². The molecule has 0 saturated carbocycles. The van der Waals surface area contributed by atoms with Crippen LogP contribution >= 0.6 is 15.9 Å². The van der Waals surface area contributed by atoms with Crippen LogP contribution in [0.4, 0.5) is 4.39 Å². The van der Waals surface area contributed by atoms with Crippen LogP contribution in [-0.2, 0) is 0 Å². The van der Waals surface area contributed by atoms with E-state index in [-0.39, 0.29) is 17.8 Å². The summed E-state index contributed by atoms with van der Waals surface area (Å²) in [6, 6.07) is 4.52. The lowest BCUT2D eigenvalue weighted by atomic mass is 9.98. The minimum Gasteiger partial charge on any atom is -0.336 e. The fourth-order valence-electron chi connectivity index (χ4n) is 2.70. The van der Waals surface area contributed by atoms with Gasteiger partial charge in [-0.15, -0.1) is 0 Å². The van der Waals surface area contributed by atoms with Crippen LogP contribution in [0.5, 0.6) is 0 Å². The van der Waals surface area contributed by atoms with Crippen LogP contribution in [0.15, 0.2) is 22.7 Å². The Bertz CT molecular complexity index is 481. The lowest BCUT2D eigenvalue weighted by molar-refractivity contribution is 0.0601. The third kappa shape index (κ3) is 3.58. The van der Waals surface area contributed by atoms with Gasteiger partial charge in [-0.1, -0.05) is 0 Å². The van der Waals surface area contributed by atoms with E-state index in [2.05, 4.69) is 21.2 Å². The summed E-state index contributed by atoms with van der Waals surface area (Å²) in [5.74, 6) is -0.337. The van der Waals surface area contributed by atoms with Gasteiger partial charge in [-0.25, -0.2) is 4.39 Å². The second kappa shape index (κ2) is 7.18. The highest BCUT2D eigenvalue weighted by Gasteiger charge is 2.28. The molecule has 1 atom stereocenters. The van der Waals surface area contributed by atoms with Gasteiger partial charge in [-0.05, 0) is 73.4 Å². The molecule has 1 saturated heterocycles. The first-order valence-electron chi connectivity index (χ1n) is 7.04. The number of hydrogen-bond acceptors (Lipinski definition) is 2. The highest BCUT2D eigenvalue weighted by atomic mass is 79.9. The van der Waals surface area contributed by atoms with Crippen LogP contribution in [0.3, 0.4) is 0 Å². The van der Waals surface area contributed by atoms with Crippen molar-refractivity contribution in [1.82, 2.24) is 10.2 Å². The number of carbonyl (C=O) groups excluding carboxylic acids is 1. The van der Waals surface area contributed by atoms with E-state index in [1.165, 1.54) is 18.6 Å². The second-order valence-corrected chi connectivity index (χ2v) is 6.02. The minimum atomic E-state index is -0.334. The molecule has 1 aliphatic rings.